The van der Waals surface area contributed by atoms with Gasteiger partial charge in [-0.25, -0.2) is 9.78 Å². The SMILES string of the molecule is CCOC(=O)c1cn(-c2nc(-c3cncc(C)c3)ns2)c2nc(Cl)cc(C)c2c1=O. The molecule has 0 N–H and O–H groups in total. The molecule has 0 spiro atoms. The number of hydrogen-bond donors (Lipinski definition) is 0. The van der Waals surface area contributed by atoms with Gasteiger partial charge >= 0.3 is 5.97 Å². The lowest BCUT2D eigenvalue weighted by Crippen LogP contribution is -2.21. The summed E-state index contributed by atoms with van der Waals surface area (Å²) in [5.74, 6) is -0.227. The minimum atomic E-state index is -0.708. The van der Waals surface area contributed by atoms with Crippen LogP contribution in [-0.2, 0) is 4.74 Å². The lowest BCUT2D eigenvalue weighted by atomic mass is 10.1. The summed E-state index contributed by atoms with van der Waals surface area (Å²) in [7, 11) is 0. The summed E-state index contributed by atoms with van der Waals surface area (Å²) in [6.07, 6.45) is 4.79. The Morgan fingerprint density at radius 2 is 2.03 bits per heavy atom. The van der Waals surface area contributed by atoms with Gasteiger partial charge in [-0.2, -0.15) is 9.36 Å². The molecule has 4 aromatic rings. The van der Waals surface area contributed by atoms with Crippen LogP contribution in [0.1, 0.15) is 28.4 Å². The molecule has 0 atom stereocenters. The smallest absolute Gasteiger partial charge is 0.343 e. The molecule has 0 radical (unpaired) electrons. The first-order chi connectivity index (χ1) is 14.4. The van der Waals surface area contributed by atoms with Crippen molar-refractivity contribution >= 4 is 40.1 Å². The van der Waals surface area contributed by atoms with Gasteiger partial charge in [-0.3, -0.25) is 14.3 Å². The van der Waals surface area contributed by atoms with Gasteiger partial charge in [-0.1, -0.05) is 11.6 Å². The number of hydrogen-bond acceptors (Lipinski definition) is 8. The number of nitrogens with zero attached hydrogens (tertiary/aromatic N) is 5. The van der Waals surface area contributed by atoms with E-state index in [4.69, 9.17) is 16.3 Å². The molecule has 30 heavy (non-hydrogen) atoms. The molecule has 0 saturated heterocycles. The summed E-state index contributed by atoms with van der Waals surface area (Å²) in [5, 5.41) is 0.930. The Morgan fingerprint density at radius 1 is 1.23 bits per heavy atom. The van der Waals surface area contributed by atoms with Gasteiger partial charge < -0.3 is 4.74 Å². The number of esters is 1. The molecule has 0 aliphatic rings. The molecule has 0 amide bonds. The van der Waals surface area contributed by atoms with Gasteiger partial charge in [0.15, 0.2) is 11.5 Å². The Kier molecular flexibility index (Phi) is 5.31. The fourth-order valence-electron chi connectivity index (χ4n) is 3.06. The molecule has 8 nitrogen and oxygen atoms in total. The minimum Gasteiger partial charge on any atom is -0.462 e. The molecule has 0 fully saturated rings. The van der Waals surface area contributed by atoms with Crippen molar-refractivity contribution in [2.75, 3.05) is 6.61 Å². The normalized spacial score (nSPS) is 11.1. The molecule has 0 aromatic carbocycles. The lowest BCUT2D eigenvalue weighted by molar-refractivity contribution is 0.0524. The molecule has 4 aromatic heterocycles. The summed E-state index contributed by atoms with van der Waals surface area (Å²) < 4.78 is 11.0. The second-order valence-electron chi connectivity index (χ2n) is 6.57. The minimum absolute atomic E-state index is 0.106. The van der Waals surface area contributed by atoms with Crippen molar-refractivity contribution in [1.29, 1.82) is 0 Å². The van der Waals surface area contributed by atoms with Gasteiger partial charge in [0.25, 0.3) is 0 Å². The van der Waals surface area contributed by atoms with E-state index in [-0.39, 0.29) is 22.7 Å². The van der Waals surface area contributed by atoms with E-state index >= 15 is 0 Å². The van der Waals surface area contributed by atoms with E-state index in [1.165, 1.54) is 6.20 Å². The number of fused-ring (bicyclic) bond motifs is 1. The number of carbonyl (C=O) groups is 1. The Morgan fingerprint density at radius 3 is 2.77 bits per heavy atom. The van der Waals surface area contributed by atoms with Gasteiger partial charge in [-0.05, 0) is 44.0 Å². The first kappa shape index (κ1) is 20.1. The van der Waals surface area contributed by atoms with Crippen molar-refractivity contribution < 1.29 is 9.53 Å². The highest BCUT2D eigenvalue weighted by Gasteiger charge is 2.21. The number of ether oxygens (including phenoxy) is 1. The maximum Gasteiger partial charge on any atom is 0.343 e. The zero-order chi connectivity index (χ0) is 21.4. The highest BCUT2D eigenvalue weighted by atomic mass is 35.5. The zero-order valence-corrected chi connectivity index (χ0v) is 17.9. The lowest BCUT2D eigenvalue weighted by Gasteiger charge is -2.11. The standard InChI is InChI=1S/C20H16ClN5O3S/c1-4-29-19(28)13-9-26(18-15(16(13)27)11(3)6-14(21)23-18)20-24-17(25-30-20)12-5-10(2)7-22-8-12/h5-9H,4H2,1-3H3. The van der Waals surface area contributed by atoms with Gasteiger partial charge in [-0.15, -0.1) is 0 Å². The van der Waals surface area contributed by atoms with Crippen molar-refractivity contribution in [3.05, 3.63) is 62.8 Å². The second kappa shape index (κ2) is 7.92. The fourth-order valence-corrected chi connectivity index (χ4v) is 3.98. The predicted molar refractivity (Wildman–Crippen MR) is 114 cm³/mol. The Balaban J connectivity index is 1.97. The molecule has 0 unspecified atom stereocenters. The van der Waals surface area contributed by atoms with Crippen LogP contribution in [0.2, 0.25) is 5.15 Å². The molecule has 0 aliphatic carbocycles. The van der Waals surface area contributed by atoms with E-state index in [0.29, 0.717) is 22.2 Å². The zero-order valence-electron chi connectivity index (χ0n) is 16.3. The van der Waals surface area contributed by atoms with E-state index in [0.717, 1.165) is 22.7 Å². The number of halogens is 1. The number of aromatic nitrogens is 5. The van der Waals surface area contributed by atoms with Crippen LogP contribution >= 0.6 is 23.1 Å². The number of rotatable bonds is 4. The summed E-state index contributed by atoms with van der Waals surface area (Å²) in [4.78, 5) is 38.5. The largest absolute Gasteiger partial charge is 0.462 e. The van der Waals surface area contributed by atoms with E-state index in [1.54, 1.807) is 36.9 Å². The third-order valence-electron chi connectivity index (χ3n) is 4.37. The molecule has 4 rings (SSSR count). The summed E-state index contributed by atoms with van der Waals surface area (Å²) in [6.45, 7) is 5.49. The molecular formula is C20H16ClN5O3S. The molecule has 4 heterocycles. The van der Waals surface area contributed by atoms with Crippen molar-refractivity contribution in [3.8, 4) is 16.5 Å². The van der Waals surface area contributed by atoms with E-state index in [9.17, 15) is 9.59 Å². The summed E-state index contributed by atoms with van der Waals surface area (Å²) >= 11 is 7.25. The van der Waals surface area contributed by atoms with Crippen LogP contribution in [0.25, 0.3) is 27.6 Å². The van der Waals surface area contributed by atoms with Crippen LogP contribution in [-0.4, -0.2) is 36.5 Å². The first-order valence-electron chi connectivity index (χ1n) is 9.04. The van der Waals surface area contributed by atoms with Crippen LogP contribution in [0.3, 0.4) is 0 Å². The Labute approximate surface area is 180 Å². The number of carbonyl (C=O) groups excluding carboxylic acids is 1. The maximum absolute atomic E-state index is 13.0. The van der Waals surface area contributed by atoms with Crippen LogP contribution < -0.4 is 5.43 Å². The average molecular weight is 442 g/mol. The molecule has 0 aliphatic heterocycles. The number of pyridine rings is 3. The predicted octanol–water partition coefficient (Wildman–Crippen LogP) is 3.75. The quantitative estimate of drug-likeness (QED) is 0.351. The molecular weight excluding hydrogens is 426 g/mol. The van der Waals surface area contributed by atoms with Crippen molar-refractivity contribution in [1.82, 2.24) is 23.9 Å². The molecule has 0 saturated carbocycles. The maximum atomic E-state index is 13.0. The van der Waals surface area contributed by atoms with Gasteiger partial charge in [0.05, 0.1) is 12.0 Å². The van der Waals surface area contributed by atoms with Gasteiger partial charge in [0, 0.05) is 35.7 Å². The van der Waals surface area contributed by atoms with Crippen molar-refractivity contribution in [2.45, 2.75) is 20.8 Å². The van der Waals surface area contributed by atoms with E-state index < -0.39 is 11.4 Å². The van der Waals surface area contributed by atoms with Crippen molar-refractivity contribution in [2.24, 2.45) is 0 Å². The third-order valence-corrected chi connectivity index (χ3v) is 5.28. The Hall–Kier alpha value is -3.17. The van der Waals surface area contributed by atoms with Crippen LogP contribution in [0.15, 0.2) is 35.5 Å². The Bertz CT molecular complexity index is 1350. The monoisotopic (exact) mass is 441 g/mol. The molecule has 0 bridgehead atoms. The second-order valence-corrected chi connectivity index (χ2v) is 7.69. The average Bonchev–Trinajstić information content (AvgIpc) is 3.18. The molecule has 152 valence electrons. The van der Waals surface area contributed by atoms with Crippen LogP contribution in [0, 0.1) is 13.8 Å². The highest BCUT2D eigenvalue weighted by molar-refractivity contribution is 7.08. The van der Waals surface area contributed by atoms with E-state index in [1.807, 2.05) is 13.0 Å². The van der Waals surface area contributed by atoms with E-state index in [2.05, 4.69) is 19.3 Å². The highest BCUT2D eigenvalue weighted by Crippen LogP contribution is 2.25. The summed E-state index contributed by atoms with van der Waals surface area (Å²) in [5.41, 5.74) is 2.06. The topological polar surface area (TPSA) is 99.9 Å². The van der Waals surface area contributed by atoms with Crippen molar-refractivity contribution in [3.63, 3.8) is 0 Å². The summed E-state index contributed by atoms with van der Waals surface area (Å²) in [6, 6.07) is 3.50. The van der Waals surface area contributed by atoms with Gasteiger partial charge in [0.1, 0.15) is 10.7 Å². The first-order valence-corrected chi connectivity index (χ1v) is 10.2. The fraction of sp³-hybridized carbons (Fsp3) is 0.200. The third kappa shape index (κ3) is 3.57. The molecule has 10 heteroatoms. The van der Waals surface area contributed by atoms with Crippen LogP contribution in [0.4, 0.5) is 0 Å². The van der Waals surface area contributed by atoms with Gasteiger partial charge in [0.2, 0.25) is 10.6 Å². The number of aryl methyl sites for hydroxylation is 2. The van der Waals surface area contributed by atoms with Crippen LogP contribution in [0.5, 0.6) is 0 Å².